The Morgan fingerprint density at radius 3 is 2.32 bits per heavy atom. The summed E-state index contributed by atoms with van der Waals surface area (Å²) in [7, 11) is 0. The molecule has 1 aromatic rings. The van der Waals surface area contributed by atoms with Gasteiger partial charge in [0.1, 0.15) is 0 Å². The highest BCUT2D eigenvalue weighted by molar-refractivity contribution is 6.00. The zero-order chi connectivity index (χ0) is 16.4. The fourth-order valence-corrected chi connectivity index (χ4v) is 2.72. The second kappa shape index (κ2) is 6.51. The number of carbonyl (C=O) groups is 2. The number of carbonyl (C=O) groups excluding carboxylic acids is 2. The lowest BCUT2D eigenvalue weighted by Crippen LogP contribution is -2.32. The molecule has 2 amide bonds. The molecule has 0 bridgehead atoms. The minimum Gasteiger partial charge on any atom is -0.354 e. The Hall–Kier alpha value is -1.84. The van der Waals surface area contributed by atoms with Gasteiger partial charge in [-0.25, -0.2) is 0 Å². The molecule has 2 unspecified atom stereocenters. The fraction of sp³-hybridized carbons (Fsp3) is 0.556. The van der Waals surface area contributed by atoms with Gasteiger partial charge in [-0.1, -0.05) is 32.0 Å². The minimum atomic E-state index is -0.196. The van der Waals surface area contributed by atoms with E-state index in [0.29, 0.717) is 12.3 Å². The number of rotatable bonds is 5. The Labute approximate surface area is 132 Å². The van der Waals surface area contributed by atoms with Gasteiger partial charge < -0.3 is 10.6 Å². The molecule has 1 aliphatic carbocycles. The summed E-state index contributed by atoms with van der Waals surface area (Å²) in [6, 6.07) is 6.16. The molecule has 1 aliphatic rings. The number of hydrogen-bond acceptors (Lipinski definition) is 2. The first-order valence-corrected chi connectivity index (χ1v) is 8.02. The van der Waals surface area contributed by atoms with Gasteiger partial charge in [0.15, 0.2) is 0 Å². The second-order valence-corrected chi connectivity index (χ2v) is 6.80. The van der Waals surface area contributed by atoms with Gasteiger partial charge in [-0.05, 0) is 44.2 Å². The van der Waals surface area contributed by atoms with E-state index >= 15 is 0 Å². The molecule has 0 aliphatic heterocycles. The topological polar surface area (TPSA) is 58.2 Å². The average Bonchev–Trinajstić information content (AvgIpc) is 3.20. The van der Waals surface area contributed by atoms with Crippen LogP contribution in [-0.4, -0.2) is 17.9 Å². The van der Waals surface area contributed by atoms with Gasteiger partial charge in [0.25, 0.3) is 0 Å². The summed E-state index contributed by atoms with van der Waals surface area (Å²) in [6.07, 6.45) is 0.646. The predicted octanol–water partition coefficient (Wildman–Crippen LogP) is 3.22. The van der Waals surface area contributed by atoms with Crippen LogP contribution in [0.1, 0.15) is 51.2 Å². The van der Waals surface area contributed by atoms with Crippen molar-refractivity contribution in [3.05, 3.63) is 29.3 Å². The Morgan fingerprint density at radius 1 is 1.09 bits per heavy atom. The molecule has 0 heterocycles. The highest BCUT2D eigenvalue weighted by Crippen LogP contribution is 2.40. The van der Waals surface area contributed by atoms with Gasteiger partial charge in [-0.15, -0.1) is 0 Å². The summed E-state index contributed by atoms with van der Waals surface area (Å²) in [6.45, 7) is 10.1. The highest BCUT2D eigenvalue weighted by atomic mass is 16.2. The van der Waals surface area contributed by atoms with Gasteiger partial charge in [0.05, 0.1) is 11.8 Å². The summed E-state index contributed by atoms with van der Waals surface area (Å²) in [5.41, 5.74) is 3.10. The molecular weight excluding hydrogens is 276 g/mol. The molecule has 22 heavy (non-hydrogen) atoms. The van der Waals surface area contributed by atoms with E-state index < -0.39 is 0 Å². The molecule has 120 valence electrons. The van der Waals surface area contributed by atoms with Crippen LogP contribution in [0.15, 0.2) is 18.2 Å². The monoisotopic (exact) mass is 302 g/mol. The molecule has 1 fully saturated rings. The number of benzene rings is 1. The van der Waals surface area contributed by atoms with Crippen molar-refractivity contribution in [2.24, 2.45) is 11.8 Å². The maximum Gasteiger partial charge on any atom is 0.228 e. The average molecular weight is 302 g/mol. The molecule has 0 saturated heterocycles. The molecule has 4 nitrogen and oxygen atoms in total. The summed E-state index contributed by atoms with van der Waals surface area (Å²) >= 11 is 0. The number of anilines is 1. The number of amides is 2. The number of hydrogen-bond donors (Lipinski definition) is 2. The Balaban J connectivity index is 2.04. The van der Waals surface area contributed by atoms with E-state index in [0.717, 1.165) is 16.8 Å². The van der Waals surface area contributed by atoms with Gasteiger partial charge in [0.2, 0.25) is 11.8 Å². The van der Waals surface area contributed by atoms with E-state index in [1.54, 1.807) is 0 Å². The van der Waals surface area contributed by atoms with E-state index in [1.165, 1.54) is 0 Å². The van der Waals surface area contributed by atoms with Crippen molar-refractivity contribution in [2.45, 2.75) is 53.0 Å². The molecule has 1 saturated carbocycles. The second-order valence-electron chi connectivity index (χ2n) is 6.80. The third-order valence-corrected chi connectivity index (χ3v) is 4.07. The maximum atomic E-state index is 12.4. The van der Waals surface area contributed by atoms with Crippen LogP contribution < -0.4 is 10.6 Å². The van der Waals surface area contributed by atoms with Crippen molar-refractivity contribution in [3.8, 4) is 0 Å². The SMILES string of the molecule is Cc1cccc(C(C)C)c1NC(=O)C1CC1C(=O)NC(C)C. The number of para-hydroxylation sites is 1. The molecule has 0 spiro atoms. The number of aryl methyl sites for hydroxylation is 1. The summed E-state index contributed by atoms with van der Waals surface area (Å²) in [5, 5.41) is 5.92. The van der Waals surface area contributed by atoms with Gasteiger partial charge in [-0.3, -0.25) is 9.59 Å². The van der Waals surface area contributed by atoms with Crippen molar-refractivity contribution in [3.63, 3.8) is 0 Å². The van der Waals surface area contributed by atoms with Crippen molar-refractivity contribution in [2.75, 3.05) is 5.32 Å². The largest absolute Gasteiger partial charge is 0.354 e. The van der Waals surface area contributed by atoms with E-state index in [1.807, 2.05) is 39.0 Å². The quantitative estimate of drug-likeness (QED) is 0.877. The predicted molar refractivity (Wildman–Crippen MR) is 88.8 cm³/mol. The Bertz CT molecular complexity index is 578. The van der Waals surface area contributed by atoms with E-state index in [9.17, 15) is 9.59 Å². The van der Waals surface area contributed by atoms with Crippen molar-refractivity contribution in [1.82, 2.24) is 5.32 Å². The molecule has 2 N–H and O–H groups in total. The third kappa shape index (κ3) is 3.67. The highest BCUT2D eigenvalue weighted by Gasteiger charge is 2.48. The standard InChI is InChI=1S/C18H26N2O2/c1-10(2)13-8-6-7-12(5)16(13)20-18(22)15-9-14(15)17(21)19-11(3)4/h6-8,10-11,14-15H,9H2,1-5H3,(H,19,21)(H,20,22). The molecule has 1 aromatic carbocycles. The fourth-order valence-electron chi connectivity index (χ4n) is 2.72. The van der Waals surface area contributed by atoms with Crippen LogP contribution in [0.25, 0.3) is 0 Å². The summed E-state index contributed by atoms with van der Waals surface area (Å²) < 4.78 is 0. The Morgan fingerprint density at radius 2 is 1.73 bits per heavy atom. The zero-order valence-electron chi connectivity index (χ0n) is 14.1. The zero-order valence-corrected chi connectivity index (χ0v) is 14.1. The minimum absolute atomic E-state index is 0.0102. The van der Waals surface area contributed by atoms with Crippen LogP contribution in [0.4, 0.5) is 5.69 Å². The molecule has 2 atom stereocenters. The number of nitrogens with one attached hydrogen (secondary N) is 2. The van der Waals surface area contributed by atoms with Gasteiger partial charge >= 0.3 is 0 Å². The van der Waals surface area contributed by atoms with E-state index in [4.69, 9.17) is 0 Å². The first-order valence-electron chi connectivity index (χ1n) is 8.02. The third-order valence-electron chi connectivity index (χ3n) is 4.07. The molecule has 0 aromatic heterocycles. The molecule has 0 radical (unpaired) electrons. The maximum absolute atomic E-state index is 12.4. The Kier molecular flexibility index (Phi) is 4.89. The van der Waals surface area contributed by atoms with Gasteiger partial charge in [0, 0.05) is 11.7 Å². The molecular formula is C18H26N2O2. The van der Waals surface area contributed by atoms with Crippen LogP contribution in [0.5, 0.6) is 0 Å². The molecule has 4 heteroatoms. The lowest BCUT2D eigenvalue weighted by molar-refractivity contribution is -0.125. The van der Waals surface area contributed by atoms with E-state index in [-0.39, 0.29) is 29.7 Å². The van der Waals surface area contributed by atoms with Crippen LogP contribution in [0.3, 0.4) is 0 Å². The lowest BCUT2D eigenvalue weighted by Gasteiger charge is -2.16. The van der Waals surface area contributed by atoms with Crippen LogP contribution >= 0.6 is 0 Å². The molecule has 2 rings (SSSR count). The smallest absolute Gasteiger partial charge is 0.228 e. The van der Waals surface area contributed by atoms with Gasteiger partial charge in [-0.2, -0.15) is 0 Å². The summed E-state index contributed by atoms with van der Waals surface area (Å²) in [5.74, 6) is -0.0779. The first-order chi connectivity index (χ1) is 10.3. The lowest BCUT2D eigenvalue weighted by atomic mass is 9.98. The van der Waals surface area contributed by atoms with Crippen LogP contribution in [-0.2, 0) is 9.59 Å². The first kappa shape index (κ1) is 16.5. The van der Waals surface area contributed by atoms with Crippen LogP contribution in [0.2, 0.25) is 0 Å². The van der Waals surface area contributed by atoms with Crippen LogP contribution in [0, 0.1) is 18.8 Å². The summed E-state index contributed by atoms with van der Waals surface area (Å²) in [4.78, 5) is 24.3. The van der Waals surface area contributed by atoms with Crippen molar-refractivity contribution >= 4 is 17.5 Å². The van der Waals surface area contributed by atoms with E-state index in [2.05, 4.69) is 24.5 Å². The van der Waals surface area contributed by atoms with Crippen molar-refractivity contribution in [1.29, 1.82) is 0 Å². The van der Waals surface area contributed by atoms with Crippen molar-refractivity contribution < 1.29 is 9.59 Å². The normalized spacial score (nSPS) is 20.1.